The summed E-state index contributed by atoms with van der Waals surface area (Å²) in [6, 6.07) is 14.1. The second kappa shape index (κ2) is 8.97. The molecule has 0 bridgehead atoms. The number of carbonyl (C=O) groups excluding carboxylic acids is 2. The first-order valence-electron chi connectivity index (χ1n) is 9.47. The molecule has 152 valence electrons. The summed E-state index contributed by atoms with van der Waals surface area (Å²) >= 11 is 0. The van der Waals surface area contributed by atoms with Gasteiger partial charge in [-0.25, -0.2) is 4.79 Å². The number of benzene rings is 2. The number of para-hydroxylation sites is 2. The van der Waals surface area contributed by atoms with E-state index in [1.165, 1.54) is 0 Å². The van der Waals surface area contributed by atoms with E-state index in [0.29, 0.717) is 16.9 Å². The van der Waals surface area contributed by atoms with Gasteiger partial charge in [-0.05, 0) is 57.2 Å². The largest absolute Gasteiger partial charge is 0.444 e. The fourth-order valence-electron chi connectivity index (χ4n) is 2.27. The minimum Gasteiger partial charge on any atom is -0.444 e. The van der Waals surface area contributed by atoms with Gasteiger partial charge in [-0.1, -0.05) is 37.7 Å². The fourth-order valence-corrected chi connectivity index (χ4v) is 2.79. The summed E-state index contributed by atoms with van der Waals surface area (Å²) in [6.45, 7) is 11.9. The molecule has 29 heavy (non-hydrogen) atoms. The Balaban J connectivity index is 2.11. The molecule has 5 nitrogen and oxygen atoms in total. The maximum atomic E-state index is 12.6. The van der Waals surface area contributed by atoms with Crippen molar-refractivity contribution >= 4 is 31.4 Å². The fraction of sp³-hybridized carbons (Fsp3) is 0.304. The molecule has 2 rings (SSSR count). The second-order valence-corrected chi connectivity index (χ2v) is 13.5. The van der Waals surface area contributed by atoms with E-state index in [0.717, 1.165) is 5.56 Å². The van der Waals surface area contributed by atoms with E-state index in [1.54, 1.807) is 57.2 Å². The van der Waals surface area contributed by atoms with Crippen LogP contribution in [-0.4, -0.2) is 25.7 Å². The first kappa shape index (κ1) is 22.2. The Labute approximate surface area is 173 Å². The van der Waals surface area contributed by atoms with Crippen molar-refractivity contribution in [3.63, 3.8) is 0 Å². The number of hydrogen-bond donors (Lipinski definition) is 2. The molecule has 0 heterocycles. The van der Waals surface area contributed by atoms with E-state index in [4.69, 9.17) is 4.74 Å². The zero-order chi connectivity index (χ0) is 21.7. The molecule has 0 aliphatic heterocycles. The highest BCUT2D eigenvalue weighted by molar-refractivity contribution is 6.83. The van der Waals surface area contributed by atoms with Gasteiger partial charge >= 0.3 is 6.09 Å². The Bertz CT molecular complexity index is 943. The van der Waals surface area contributed by atoms with Gasteiger partial charge in [0.1, 0.15) is 13.7 Å². The molecule has 0 saturated heterocycles. The van der Waals surface area contributed by atoms with Crippen LogP contribution in [0.3, 0.4) is 0 Å². The highest BCUT2D eigenvalue weighted by Gasteiger charge is 2.18. The van der Waals surface area contributed by atoms with Crippen LogP contribution in [0.25, 0.3) is 0 Å². The normalized spacial score (nSPS) is 11.1. The predicted octanol–water partition coefficient (Wildman–Crippen LogP) is 5.51. The third-order valence-corrected chi connectivity index (χ3v) is 4.41. The molecular formula is C23H28N2O3Si. The van der Waals surface area contributed by atoms with Gasteiger partial charge in [-0.2, -0.15) is 0 Å². The van der Waals surface area contributed by atoms with Crippen LogP contribution < -0.4 is 10.6 Å². The molecule has 2 N–H and O–H groups in total. The van der Waals surface area contributed by atoms with Gasteiger partial charge in [0.15, 0.2) is 0 Å². The lowest BCUT2D eigenvalue weighted by Gasteiger charge is -2.20. The summed E-state index contributed by atoms with van der Waals surface area (Å²) < 4.78 is 5.27. The van der Waals surface area contributed by atoms with Gasteiger partial charge in [-0.15, -0.1) is 5.54 Å². The van der Waals surface area contributed by atoms with Gasteiger partial charge in [0.2, 0.25) is 0 Å². The van der Waals surface area contributed by atoms with Crippen LogP contribution in [0.5, 0.6) is 0 Å². The third kappa shape index (κ3) is 7.84. The molecule has 2 amide bonds. The van der Waals surface area contributed by atoms with E-state index in [9.17, 15) is 9.59 Å². The Morgan fingerprint density at radius 3 is 1.97 bits per heavy atom. The Kier molecular flexibility index (Phi) is 6.88. The van der Waals surface area contributed by atoms with Crippen molar-refractivity contribution in [1.29, 1.82) is 0 Å². The monoisotopic (exact) mass is 408 g/mol. The summed E-state index contributed by atoms with van der Waals surface area (Å²) in [7, 11) is -1.45. The number of carbonyl (C=O) groups is 2. The van der Waals surface area contributed by atoms with Crippen molar-refractivity contribution in [2.45, 2.75) is 46.0 Å². The summed E-state index contributed by atoms with van der Waals surface area (Å²) in [5.74, 6) is 2.90. The van der Waals surface area contributed by atoms with Crippen LogP contribution in [0.1, 0.15) is 36.7 Å². The van der Waals surface area contributed by atoms with E-state index in [-0.39, 0.29) is 5.91 Å². The smallest absolute Gasteiger partial charge is 0.412 e. The van der Waals surface area contributed by atoms with Crippen molar-refractivity contribution < 1.29 is 14.3 Å². The van der Waals surface area contributed by atoms with Crippen LogP contribution in [0.2, 0.25) is 19.6 Å². The number of rotatable bonds is 3. The third-order valence-electron chi connectivity index (χ3n) is 3.54. The first-order chi connectivity index (χ1) is 13.4. The number of amides is 2. The Morgan fingerprint density at radius 1 is 0.897 bits per heavy atom. The quantitative estimate of drug-likeness (QED) is 0.519. The minimum atomic E-state index is -1.45. The van der Waals surface area contributed by atoms with Crippen LogP contribution in [0.15, 0.2) is 48.5 Å². The van der Waals surface area contributed by atoms with E-state index in [2.05, 4.69) is 41.7 Å². The SMILES string of the molecule is CC(C)(C)OC(=O)Nc1ccccc1NC(=O)c1ccc(C#C[Si](C)(C)C)cc1. The Morgan fingerprint density at radius 2 is 1.45 bits per heavy atom. The molecule has 0 aliphatic rings. The van der Waals surface area contributed by atoms with E-state index < -0.39 is 19.8 Å². The van der Waals surface area contributed by atoms with Gasteiger partial charge in [-0.3, -0.25) is 10.1 Å². The van der Waals surface area contributed by atoms with Crippen molar-refractivity contribution in [1.82, 2.24) is 0 Å². The highest BCUT2D eigenvalue weighted by Crippen LogP contribution is 2.23. The van der Waals surface area contributed by atoms with Crippen molar-refractivity contribution in [2.75, 3.05) is 10.6 Å². The number of ether oxygens (including phenoxy) is 1. The zero-order valence-corrected chi connectivity index (χ0v) is 18.8. The first-order valence-corrected chi connectivity index (χ1v) is 13.0. The highest BCUT2D eigenvalue weighted by atomic mass is 28.3. The second-order valence-electron chi connectivity index (χ2n) is 8.70. The molecule has 2 aromatic rings. The summed E-state index contributed by atoms with van der Waals surface area (Å²) in [5, 5.41) is 5.51. The number of hydrogen-bond acceptors (Lipinski definition) is 3. The topological polar surface area (TPSA) is 67.4 Å². The van der Waals surface area contributed by atoms with Crippen molar-refractivity contribution in [3.8, 4) is 11.5 Å². The van der Waals surface area contributed by atoms with Crippen LogP contribution in [0, 0.1) is 11.5 Å². The Hall–Kier alpha value is -3.04. The maximum Gasteiger partial charge on any atom is 0.412 e. The van der Waals surface area contributed by atoms with Gasteiger partial charge in [0, 0.05) is 11.1 Å². The number of nitrogens with one attached hydrogen (secondary N) is 2. The predicted molar refractivity (Wildman–Crippen MR) is 121 cm³/mol. The molecular weight excluding hydrogens is 380 g/mol. The average molecular weight is 409 g/mol. The summed E-state index contributed by atoms with van der Waals surface area (Å²) in [5.41, 5.74) is 5.05. The lowest BCUT2D eigenvalue weighted by molar-refractivity contribution is 0.0635. The van der Waals surface area contributed by atoms with Crippen LogP contribution in [0.4, 0.5) is 16.2 Å². The minimum absolute atomic E-state index is 0.270. The van der Waals surface area contributed by atoms with Gasteiger partial charge < -0.3 is 10.1 Å². The molecule has 0 fully saturated rings. The molecule has 6 heteroatoms. The average Bonchev–Trinajstić information content (AvgIpc) is 2.60. The summed E-state index contributed by atoms with van der Waals surface area (Å²) in [4.78, 5) is 24.7. The van der Waals surface area contributed by atoms with Gasteiger partial charge in [0.25, 0.3) is 5.91 Å². The molecule has 0 spiro atoms. The zero-order valence-electron chi connectivity index (χ0n) is 17.8. The molecule has 0 saturated carbocycles. The van der Waals surface area contributed by atoms with Crippen molar-refractivity contribution in [3.05, 3.63) is 59.7 Å². The maximum absolute atomic E-state index is 12.6. The molecule has 2 aromatic carbocycles. The van der Waals surface area contributed by atoms with Crippen molar-refractivity contribution in [2.24, 2.45) is 0 Å². The standard InChI is InChI=1S/C23H28N2O3Si/c1-23(2,3)28-22(27)25-20-10-8-7-9-19(20)24-21(26)18-13-11-17(12-14-18)15-16-29(4,5)6/h7-14H,1-6H3,(H,24,26)(H,25,27). The molecule has 0 aliphatic carbocycles. The summed E-state index contributed by atoms with van der Waals surface area (Å²) in [6.07, 6.45) is -0.579. The van der Waals surface area contributed by atoms with Crippen LogP contribution >= 0.6 is 0 Å². The lowest BCUT2D eigenvalue weighted by atomic mass is 10.1. The lowest BCUT2D eigenvalue weighted by Crippen LogP contribution is -2.27. The van der Waals surface area contributed by atoms with E-state index >= 15 is 0 Å². The molecule has 0 atom stereocenters. The molecule has 0 radical (unpaired) electrons. The molecule has 0 unspecified atom stereocenters. The number of anilines is 2. The van der Waals surface area contributed by atoms with Crippen LogP contribution in [-0.2, 0) is 4.74 Å². The van der Waals surface area contributed by atoms with Gasteiger partial charge in [0.05, 0.1) is 11.4 Å². The molecule has 0 aromatic heterocycles. The van der Waals surface area contributed by atoms with E-state index in [1.807, 2.05) is 12.1 Å².